The lowest BCUT2D eigenvalue weighted by Crippen LogP contribution is -2.42. The fourth-order valence-corrected chi connectivity index (χ4v) is 2.17. The van der Waals surface area contributed by atoms with Crippen molar-refractivity contribution < 1.29 is 0 Å². The van der Waals surface area contributed by atoms with Gasteiger partial charge in [0.15, 0.2) is 0 Å². The molecular weight excluding hydrogens is 222 g/mol. The van der Waals surface area contributed by atoms with Crippen LogP contribution >= 0.6 is 11.6 Å². The Morgan fingerprint density at radius 2 is 2.44 bits per heavy atom. The predicted molar refractivity (Wildman–Crippen MR) is 67.9 cm³/mol. The molecule has 2 N–H and O–H groups in total. The van der Waals surface area contributed by atoms with Crippen LogP contribution in [0.1, 0.15) is 19.8 Å². The second-order valence-corrected chi connectivity index (χ2v) is 5.24. The van der Waals surface area contributed by atoms with Gasteiger partial charge in [0.05, 0.1) is 5.02 Å². The third-order valence-electron chi connectivity index (χ3n) is 3.11. The van der Waals surface area contributed by atoms with Crippen molar-refractivity contribution in [1.82, 2.24) is 10.3 Å². The summed E-state index contributed by atoms with van der Waals surface area (Å²) in [6, 6.07) is 3.78. The van der Waals surface area contributed by atoms with Gasteiger partial charge in [0.1, 0.15) is 5.82 Å². The van der Waals surface area contributed by atoms with Crippen molar-refractivity contribution in [2.45, 2.75) is 19.8 Å². The van der Waals surface area contributed by atoms with Crippen molar-refractivity contribution in [3.8, 4) is 0 Å². The smallest absolute Gasteiger partial charge is 0.126 e. The number of hydrogen-bond donors (Lipinski definition) is 2. The van der Waals surface area contributed by atoms with Gasteiger partial charge in [-0.05, 0) is 36.9 Å². The van der Waals surface area contributed by atoms with Gasteiger partial charge in [-0.1, -0.05) is 18.5 Å². The van der Waals surface area contributed by atoms with Crippen molar-refractivity contribution in [3.63, 3.8) is 0 Å². The van der Waals surface area contributed by atoms with E-state index in [1.165, 1.54) is 12.8 Å². The topological polar surface area (TPSA) is 37.0 Å². The van der Waals surface area contributed by atoms with Gasteiger partial charge in [0.2, 0.25) is 0 Å². The average Bonchev–Trinajstić information content (AvgIpc) is 2.29. The largest absolute Gasteiger partial charge is 0.369 e. The van der Waals surface area contributed by atoms with Gasteiger partial charge in [0.25, 0.3) is 0 Å². The number of halogens is 1. The molecule has 0 radical (unpaired) electrons. The van der Waals surface area contributed by atoms with Crippen LogP contribution in [0.5, 0.6) is 0 Å². The molecule has 1 aliphatic rings. The summed E-state index contributed by atoms with van der Waals surface area (Å²) in [7, 11) is 0. The molecule has 2 heterocycles. The second-order valence-electron chi connectivity index (χ2n) is 4.81. The SMILES string of the molecule is CC1(CNc2ccc(Cl)cn2)CCCNC1. The van der Waals surface area contributed by atoms with E-state index in [1.54, 1.807) is 6.20 Å². The zero-order chi connectivity index (χ0) is 11.4. The Morgan fingerprint density at radius 1 is 1.56 bits per heavy atom. The monoisotopic (exact) mass is 239 g/mol. The van der Waals surface area contributed by atoms with Crippen LogP contribution in [0.2, 0.25) is 5.02 Å². The molecule has 1 unspecified atom stereocenters. The highest BCUT2D eigenvalue weighted by atomic mass is 35.5. The van der Waals surface area contributed by atoms with Gasteiger partial charge in [-0.15, -0.1) is 0 Å². The Labute approximate surface area is 102 Å². The average molecular weight is 240 g/mol. The van der Waals surface area contributed by atoms with Crippen LogP contribution in [0.15, 0.2) is 18.3 Å². The van der Waals surface area contributed by atoms with Crippen molar-refractivity contribution in [2.24, 2.45) is 5.41 Å². The number of rotatable bonds is 3. The fourth-order valence-electron chi connectivity index (χ4n) is 2.05. The summed E-state index contributed by atoms with van der Waals surface area (Å²) in [5, 5.41) is 7.49. The maximum atomic E-state index is 5.79. The van der Waals surface area contributed by atoms with Crippen molar-refractivity contribution in [3.05, 3.63) is 23.4 Å². The molecule has 0 aliphatic carbocycles. The second kappa shape index (κ2) is 5.02. The summed E-state index contributed by atoms with van der Waals surface area (Å²) < 4.78 is 0. The lowest BCUT2D eigenvalue weighted by Gasteiger charge is -2.34. The van der Waals surface area contributed by atoms with Crippen molar-refractivity contribution >= 4 is 17.4 Å². The van der Waals surface area contributed by atoms with Crippen molar-refractivity contribution in [1.29, 1.82) is 0 Å². The Hall–Kier alpha value is -0.800. The number of nitrogens with zero attached hydrogens (tertiary/aromatic N) is 1. The van der Waals surface area contributed by atoms with Crippen LogP contribution in [-0.4, -0.2) is 24.6 Å². The summed E-state index contributed by atoms with van der Waals surface area (Å²) in [5.74, 6) is 0.899. The van der Waals surface area contributed by atoms with Crippen LogP contribution in [0.4, 0.5) is 5.82 Å². The molecule has 1 aliphatic heterocycles. The van der Waals surface area contributed by atoms with E-state index in [0.717, 1.165) is 25.5 Å². The first-order valence-corrected chi connectivity index (χ1v) is 6.12. The first kappa shape index (κ1) is 11.7. The van der Waals surface area contributed by atoms with Crippen LogP contribution in [0.3, 0.4) is 0 Å². The first-order chi connectivity index (χ1) is 7.68. The zero-order valence-corrected chi connectivity index (χ0v) is 10.3. The molecule has 1 aromatic rings. The third kappa shape index (κ3) is 3.09. The lowest BCUT2D eigenvalue weighted by molar-refractivity contribution is 0.253. The minimum absolute atomic E-state index is 0.333. The summed E-state index contributed by atoms with van der Waals surface area (Å²) >= 11 is 5.79. The Morgan fingerprint density at radius 3 is 3.06 bits per heavy atom. The highest BCUT2D eigenvalue weighted by Gasteiger charge is 2.26. The highest BCUT2D eigenvalue weighted by Crippen LogP contribution is 2.25. The van der Waals surface area contributed by atoms with Gasteiger partial charge in [-0.25, -0.2) is 4.98 Å². The van der Waals surface area contributed by atoms with Gasteiger partial charge >= 0.3 is 0 Å². The fraction of sp³-hybridized carbons (Fsp3) is 0.583. The maximum Gasteiger partial charge on any atom is 0.126 e. The molecule has 0 aromatic carbocycles. The number of hydrogen-bond acceptors (Lipinski definition) is 3. The molecule has 1 atom stereocenters. The molecule has 0 amide bonds. The Kier molecular flexibility index (Phi) is 3.66. The molecule has 0 saturated carbocycles. The normalized spacial score (nSPS) is 25.4. The maximum absolute atomic E-state index is 5.79. The molecule has 16 heavy (non-hydrogen) atoms. The summed E-state index contributed by atoms with van der Waals surface area (Å²) in [6.45, 7) is 5.49. The number of aromatic nitrogens is 1. The van der Waals surface area contributed by atoms with E-state index >= 15 is 0 Å². The van der Waals surface area contributed by atoms with E-state index in [1.807, 2.05) is 12.1 Å². The van der Waals surface area contributed by atoms with E-state index in [-0.39, 0.29) is 0 Å². The van der Waals surface area contributed by atoms with Crippen molar-refractivity contribution in [2.75, 3.05) is 25.0 Å². The summed E-state index contributed by atoms with van der Waals surface area (Å²) in [4.78, 5) is 4.23. The van der Waals surface area contributed by atoms with E-state index in [0.29, 0.717) is 10.4 Å². The van der Waals surface area contributed by atoms with E-state index in [2.05, 4.69) is 22.5 Å². The predicted octanol–water partition coefficient (Wildman–Crippen LogP) is 2.54. The van der Waals surface area contributed by atoms with Gasteiger partial charge in [-0.2, -0.15) is 0 Å². The van der Waals surface area contributed by atoms with Gasteiger partial charge in [-0.3, -0.25) is 0 Å². The molecule has 1 saturated heterocycles. The molecule has 2 rings (SSSR count). The molecule has 0 spiro atoms. The molecule has 1 fully saturated rings. The summed E-state index contributed by atoms with van der Waals surface area (Å²) in [5.41, 5.74) is 0.333. The molecule has 4 heteroatoms. The van der Waals surface area contributed by atoms with Gasteiger partial charge < -0.3 is 10.6 Å². The molecule has 88 valence electrons. The van der Waals surface area contributed by atoms with E-state index in [9.17, 15) is 0 Å². The molecular formula is C12H18ClN3. The van der Waals surface area contributed by atoms with E-state index in [4.69, 9.17) is 11.6 Å². The molecule has 3 nitrogen and oxygen atoms in total. The number of pyridine rings is 1. The van der Waals surface area contributed by atoms with E-state index < -0.39 is 0 Å². The number of nitrogens with one attached hydrogen (secondary N) is 2. The quantitative estimate of drug-likeness (QED) is 0.851. The lowest BCUT2D eigenvalue weighted by atomic mass is 9.83. The van der Waals surface area contributed by atoms with Gasteiger partial charge in [0, 0.05) is 19.3 Å². The zero-order valence-electron chi connectivity index (χ0n) is 9.59. The highest BCUT2D eigenvalue weighted by molar-refractivity contribution is 6.30. The number of anilines is 1. The standard InChI is InChI=1S/C12H18ClN3/c1-12(5-2-6-14-8-12)9-16-11-4-3-10(13)7-15-11/h3-4,7,14H,2,5-6,8-9H2,1H3,(H,15,16). The van der Waals surface area contributed by atoms with Crippen LogP contribution in [0.25, 0.3) is 0 Å². The Bertz CT molecular complexity index is 331. The minimum Gasteiger partial charge on any atom is -0.369 e. The molecule has 1 aromatic heterocycles. The van der Waals surface area contributed by atoms with Crippen LogP contribution in [-0.2, 0) is 0 Å². The molecule has 0 bridgehead atoms. The first-order valence-electron chi connectivity index (χ1n) is 5.74. The van der Waals surface area contributed by atoms with Crippen LogP contribution in [0, 0.1) is 5.41 Å². The third-order valence-corrected chi connectivity index (χ3v) is 3.33. The number of piperidine rings is 1. The summed E-state index contributed by atoms with van der Waals surface area (Å²) in [6.07, 6.45) is 4.19. The Balaban J connectivity index is 1.88. The minimum atomic E-state index is 0.333. The van der Waals surface area contributed by atoms with Crippen LogP contribution < -0.4 is 10.6 Å².